The number of hydrogen-bond acceptors (Lipinski definition) is 5. The van der Waals surface area contributed by atoms with Crippen LogP contribution in [0, 0.1) is 11.3 Å². The summed E-state index contributed by atoms with van der Waals surface area (Å²) < 4.78 is 16.8. The van der Waals surface area contributed by atoms with Gasteiger partial charge in [0.1, 0.15) is 25.0 Å². The highest BCUT2D eigenvalue weighted by atomic mass is 16.6. The van der Waals surface area contributed by atoms with Gasteiger partial charge in [-0.15, -0.1) is 0 Å². The van der Waals surface area contributed by atoms with Crippen molar-refractivity contribution >= 4 is 5.91 Å². The van der Waals surface area contributed by atoms with E-state index in [1.165, 1.54) is 0 Å². The van der Waals surface area contributed by atoms with Crippen LogP contribution in [-0.4, -0.2) is 37.2 Å². The molecule has 0 aliphatic carbocycles. The number of amides is 1. The maximum absolute atomic E-state index is 12.6. The first-order valence-corrected chi connectivity index (χ1v) is 8.38. The minimum Gasteiger partial charge on any atom is -0.486 e. The average molecular weight is 352 g/mol. The minimum absolute atomic E-state index is 0.173. The molecule has 1 unspecified atom stereocenters. The number of nitriles is 1. The molecule has 1 heterocycles. The molecular weight excluding hydrogens is 332 g/mol. The summed E-state index contributed by atoms with van der Waals surface area (Å²) >= 11 is 0. The number of likely N-dealkylation sites (N-methyl/N-ethyl adjacent to an activating group) is 1. The predicted octanol–water partition coefficient (Wildman–Crippen LogP) is 2.76. The molecule has 0 radical (unpaired) electrons. The van der Waals surface area contributed by atoms with Gasteiger partial charge in [0.2, 0.25) is 0 Å². The summed E-state index contributed by atoms with van der Waals surface area (Å²) in [5.41, 5.74) is 1.34. The second-order valence-corrected chi connectivity index (χ2v) is 6.04. The number of carbonyl (C=O) groups excluding carboxylic acids is 1. The molecule has 0 spiro atoms. The Labute approximate surface area is 152 Å². The third-order valence-electron chi connectivity index (χ3n) is 4.06. The van der Waals surface area contributed by atoms with Gasteiger partial charge in [0.25, 0.3) is 5.91 Å². The fourth-order valence-electron chi connectivity index (χ4n) is 2.75. The highest BCUT2D eigenvalue weighted by molar-refractivity contribution is 5.80. The first-order chi connectivity index (χ1) is 12.6. The molecule has 26 heavy (non-hydrogen) atoms. The Balaban J connectivity index is 1.65. The van der Waals surface area contributed by atoms with Crippen LogP contribution >= 0.6 is 0 Å². The van der Waals surface area contributed by atoms with E-state index in [0.717, 1.165) is 11.3 Å². The van der Waals surface area contributed by atoms with Crippen molar-refractivity contribution < 1.29 is 19.0 Å². The van der Waals surface area contributed by atoms with Crippen LogP contribution < -0.4 is 14.2 Å². The van der Waals surface area contributed by atoms with Crippen molar-refractivity contribution in [3.05, 3.63) is 53.6 Å². The summed E-state index contributed by atoms with van der Waals surface area (Å²) in [6.45, 7) is 3.16. The minimum atomic E-state index is -0.702. The maximum atomic E-state index is 12.6. The van der Waals surface area contributed by atoms with Crippen molar-refractivity contribution in [3.8, 4) is 23.3 Å². The van der Waals surface area contributed by atoms with Crippen LogP contribution in [0.4, 0.5) is 0 Å². The number of nitrogens with zero attached hydrogens (tertiary/aromatic N) is 2. The normalized spacial score (nSPS) is 13.4. The van der Waals surface area contributed by atoms with Crippen LogP contribution in [0.15, 0.2) is 42.5 Å². The van der Waals surface area contributed by atoms with E-state index in [1.54, 1.807) is 43.1 Å². The standard InChI is InChI=1S/C20H20N2O4/c1-14(26-17-6-4-3-5-16(17)12-21)20(23)22(2)13-15-7-8-18-19(11-15)25-10-9-24-18/h3-8,11,14H,9-10,13H2,1-2H3. The van der Waals surface area contributed by atoms with Gasteiger partial charge in [-0.25, -0.2) is 0 Å². The summed E-state index contributed by atoms with van der Waals surface area (Å²) in [6, 6.07) is 14.6. The van der Waals surface area contributed by atoms with Gasteiger partial charge in [0.05, 0.1) is 5.56 Å². The SMILES string of the molecule is CC(Oc1ccccc1C#N)C(=O)N(C)Cc1ccc2c(c1)OCCO2. The van der Waals surface area contributed by atoms with E-state index in [1.807, 2.05) is 18.2 Å². The van der Waals surface area contributed by atoms with Gasteiger partial charge in [0, 0.05) is 13.6 Å². The highest BCUT2D eigenvalue weighted by Crippen LogP contribution is 2.31. The van der Waals surface area contributed by atoms with Crippen molar-refractivity contribution in [2.24, 2.45) is 0 Å². The Morgan fingerprint density at radius 2 is 1.96 bits per heavy atom. The lowest BCUT2D eigenvalue weighted by Gasteiger charge is -2.24. The number of hydrogen-bond donors (Lipinski definition) is 0. The van der Waals surface area contributed by atoms with E-state index in [9.17, 15) is 4.79 Å². The van der Waals surface area contributed by atoms with Gasteiger partial charge < -0.3 is 19.1 Å². The summed E-state index contributed by atoms with van der Waals surface area (Å²) in [5, 5.41) is 9.12. The third kappa shape index (κ3) is 3.89. The largest absolute Gasteiger partial charge is 0.486 e. The predicted molar refractivity (Wildman–Crippen MR) is 95.2 cm³/mol. The molecule has 134 valence electrons. The number of rotatable bonds is 5. The van der Waals surface area contributed by atoms with Crippen LogP contribution in [0.25, 0.3) is 0 Å². The molecule has 1 amide bonds. The van der Waals surface area contributed by atoms with Crippen LogP contribution in [0.1, 0.15) is 18.1 Å². The second kappa shape index (κ2) is 7.79. The van der Waals surface area contributed by atoms with E-state index in [2.05, 4.69) is 6.07 Å². The molecule has 0 saturated carbocycles. The first kappa shape index (κ1) is 17.6. The number of benzene rings is 2. The van der Waals surface area contributed by atoms with E-state index >= 15 is 0 Å². The molecule has 1 aliphatic heterocycles. The molecule has 3 rings (SSSR count). The van der Waals surface area contributed by atoms with Crippen LogP contribution in [-0.2, 0) is 11.3 Å². The summed E-state index contributed by atoms with van der Waals surface area (Å²) in [4.78, 5) is 14.2. The van der Waals surface area contributed by atoms with Crippen molar-refractivity contribution in [1.29, 1.82) is 5.26 Å². The topological polar surface area (TPSA) is 71.8 Å². The van der Waals surface area contributed by atoms with Gasteiger partial charge in [0.15, 0.2) is 17.6 Å². The Hall–Kier alpha value is -3.20. The molecular formula is C20H20N2O4. The van der Waals surface area contributed by atoms with Gasteiger partial charge in [-0.1, -0.05) is 18.2 Å². The number of para-hydroxylation sites is 1. The molecule has 0 bridgehead atoms. The van der Waals surface area contributed by atoms with Gasteiger partial charge in [-0.2, -0.15) is 5.26 Å². The number of carbonyl (C=O) groups is 1. The van der Waals surface area contributed by atoms with E-state index in [4.69, 9.17) is 19.5 Å². The lowest BCUT2D eigenvalue weighted by Crippen LogP contribution is -2.37. The second-order valence-electron chi connectivity index (χ2n) is 6.04. The zero-order valence-corrected chi connectivity index (χ0v) is 14.8. The van der Waals surface area contributed by atoms with Crippen molar-refractivity contribution in [1.82, 2.24) is 4.90 Å². The molecule has 0 aromatic heterocycles. The number of ether oxygens (including phenoxy) is 3. The van der Waals surface area contributed by atoms with E-state index < -0.39 is 6.10 Å². The van der Waals surface area contributed by atoms with Crippen LogP contribution in [0.2, 0.25) is 0 Å². The highest BCUT2D eigenvalue weighted by Gasteiger charge is 2.21. The molecule has 1 atom stereocenters. The van der Waals surface area contributed by atoms with Gasteiger partial charge in [-0.3, -0.25) is 4.79 Å². The lowest BCUT2D eigenvalue weighted by molar-refractivity contribution is -0.137. The van der Waals surface area contributed by atoms with Crippen molar-refractivity contribution in [3.63, 3.8) is 0 Å². The zero-order valence-electron chi connectivity index (χ0n) is 14.8. The van der Waals surface area contributed by atoms with Crippen LogP contribution in [0.5, 0.6) is 17.2 Å². The van der Waals surface area contributed by atoms with Gasteiger partial charge in [-0.05, 0) is 36.8 Å². The lowest BCUT2D eigenvalue weighted by atomic mass is 10.1. The molecule has 2 aromatic carbocycles. The summed E-state index contributed by atoms with van der Waals surface area (Å²) in [7, 11) is 1.72. The molecule has 0 saturated heterocycles. The summed E-state index contributed by atoms with van der Waals surface area (Å²) in [5.74, 6) is 1.65. The third-order valence-corrected chi connectivity index (χ3v) is 4.06. The van der Waals surface area contributed by atoms with Crippen molar-refractivity contribution in [2.75, 3.05) is 20.3 Å². The molecule has 0 fully saturated rings. The van der Waals surface area contributed by atoms with E-state index in [0.29, 0.717) is 36.8 Å². The molecule has 2 aromatic rings. The Bertz CT molecular complexity index is 844. The number of fused-ring (bicyclic) bond motifs is 1. The Morgan fingerprint density at radius 3 is 2.73 bits per heavy atom. The van der Waals surface area contributed by atoms with Crippen LogP contribution in [0.3, 0.4) is 0 Å². The average Bonchev–Trinajstić information content (AvgIpc) is 2.67. The monoisotopic (exact) mass is 352 g/mol. The fraction of sp³-hybridized carbons (Fsp3) is 0.300. The van der Waals surface area contributed by atoms with Gasteiger partial charge >= 0.3 is 0 Å². The first-order valence-electron chi connectivity index (χ1n) is 8.38. The van der Waals surface area contributed by atoms with Crippen molar-refractivity contribution in [2.45, 2.75) is 19.6 Å². The summed E-state index contributed by atoms with van der Waals surface area (Å²) in [6.07, 6.45) is -0.702. The Kier molecular flexibility index (Phi) is 5.28. The molecule has 6 heteroatoms. The fourth-order valence-corrected chi connectivity index (χ4v) is 2.75. The Morgan fingerprint density at radius 1 is 1.23 bits per heavy atom. The quantitative estimate of drug-likeness (QED) is 0.827. The smallest absolute Gasteiger partial charge is 0.263 e. The molecule has 1 aliphatic rings. The molecule has 0 N–H and O–H groups in total. The zero-order chi connectivity index (χ0) is 18.5. The maximum Gasteiger partial charge on any atom is 0.263 e. The molecule has 6 nitrogen and oxygen atoms in total. The van der Waals surface area contributed by atoms with E-state index in [-0.39, 0.29) is 5.91 Å².